The first-order valence-electron chi connectivity index (χ1n) is 8.59. The molecule has 1 heterocycles. The van der Waals surface area contributed by atoms with Crippen LogP contribution in [0.3, 0.4) is 0 Å². The Balaban J connectivity index is 1.73. The summed E-state index contributed by atoms with van der Waals surface area (Å²) in [5.74, 6) is 2.04. The molecule has 0 amide bonds. The average molecular weight is 285 g/mol. The third kappa shape index (κ3) is 1.95. The molecule has 2 unspecified atom stereocenters. The first kappa shape index (κ1) is 13.6. The van der Waals surface area contributed by atoms with Crippen molar-refractivity contribution in [1.82, 2.24) is 4.90 Å². The quantitative estimate of drug-likeness (QED) is 0.895. The van der Waals surface area contributed by atoms with Gasteiger partial charge < -0.3 is 5.11 Å². The van der Waals surface area contributed by atoms with E-state index >= 15 is 0 Å². The fraction of sp³-hybridized carbons (Fsp3) is 0.684. The summed E-state index contributed by atoms with van der Waals surface area (Å²) in [6.45, 7) is 8.52. The minimum absolute atomic E-state index is 0.233. The molecule has 0 aromatic heterocycles. The Morgan fingerprint density at radius 1 is 1.33 bits per heavy atom. The van der Waals surface area contributed by atoms with Crippen LogP contribution in [0, 0.1) is 11.8 Å². The van der Waals surface area contributed by atoms with Gasteiger partial charge in [-0.25, -0.2) is 0 Å². The highest BCUT2D eigenvalue weighted by atomic mass is 16.3. The van der Waals surface area contributed by atoms with Gasteiger partial charge in [0.1, 0.15) is 5.75 Å². The van der Waals surface area contributed by atoms with Crippen molar-refractivity contribution in [3.63, 3.8) is 0 Å². The normalized spacial score (nSPS) is 37.1. The van der Waals surface area contributed by atoms with Crippen LogP contribution in [0.2, 0.25) is 0 Å². The van der Waals surface area contributed by atoms with Crippen LogP contribution >= 0.6 is 0 Å². The Bertz CT molecular complexity index is 565. The van der Waals surface area contributed by atoms with Crippen LogP contribution in [-0.4, -0.2) is 28.6 Å². The first-order valence-corrected chi connectivity index (χ1v) is 8.59. The minimum atomic E-state index is 0.233. The van der Waals surface area contributed by atoms with Crippen LogP contribution < -0.4 is 0 Å². The fourth-order valence-electron chi connectivity index (χ4n) is 5.00. The lowest BCUT2D eigenvalue weighted by atomic mass is 9.58. The number of piperidine rings is 1. The molecule has 114 valence electrons. The van der Waals surface area contributed by atoms with E-state index in [9.17, 15) is 5.11 Å². The SMILES string of the molecule is CC1C2Cc3ccc(O)cc3[C@@]1(C)CCN2[C@@H](C)C1CC1. The lowest BCUT2D eigenvalue weighted by molar-refractivity contribution is 0.000427. The van der Waals surface area contributed by atoms with E-state index in [1.165, 1.54) is 36.9 Å². The molecule has 1 aliphatic heterocycles. The highest BCUT2D eigenvalue weighted by Crippen LogP contribution is 2.51. The van der Waals surface area contributed by atoms with Gasteiger partial charge in [-0.2, -0.15) is 0 Å². The van der Waals surface area contributed by atoms with Gasteiger partial charge in [-0.1, -0.05) is 19.9 Å². The largest absolute Gasteiger partial charge is 0.508 e. The Kier molecular flexibility index (Phi) is 2.91. The summed E-state index contributed by atoms with van der Waals surface area (Å²) in [5, 5.41) is 9.90. The van der Waals surface area contributed by atoms with Crippen LogP contribution in [0.5, 0.6) is 5.75 Å². The van der Waals surface area contributed by atoms with E-state index in [-0.39, 0.29) is 5.41 Å². The van der Waals surface area contributed by atoms with Gasteiger partial charge >= 0.3 is 0 Å². The standard InChI is InChI=1S/C19H27NO/c1-12-18-10-15-6-7-16(21)11-17(15)19(12,3)8-9-20(18)13(2)14-4-5-14/h6-7,11-14,18,21H,4-5,8-10H2,1-3H3/t12?,13-,18?,19-/m0/s1. The van der Waals surface area contributed by atoms with E-state index in [1.54, 1.807) is 0 Å². The summed E-state index contributed by atoms with van der Waals surface area (Å²) in [6.07, 6.45) is 5.24. The van der Waals surface area contributed by atoms with Crippen LogP contribution in [0.15, 0.2) is 18.2 Å². The molecular weight excluding hydrogens is 258 g/mol. The number of rotatable bonds is 2. The topological polar surface area (TPSA) is 23.5 Å². The maximum absolute atomic E-state index is 9.90. The summed E-state index contributed by atoms with van der Waals surface area (Å²) in [4.78, 5) is 2.81. The van der Waals surface area contributed by atoms with Gasteiger partial charge in [0.2, 0.25) is 0 Å². The molecule has 2 nitrogen and oxygen atoms in total. The number of hydrogen-bond donors (Lipinski definition) is 1. The molecule has 2 heteroatoms. The average Bonchev–Trinajstić information content (AvgIpc) is 3.28. The number of aromatic hydroxyl groups is 1. The van der Waals surface area contributed by atoms with Crippen molar-refractivity contribution in [1.29, 1.82) is 0 Å². The summed E-state index contributed by atoms with van der Waals surface area (Å²) >= 11 is 0. The molecule has 0 radical (unpaired) electrons. The van der Waals surface area contributed by atoms with E-state index in [0.717, 1.165) is 18.4 Å². The van der Waals surface area contributed by atoms with Crippen molar-refractivity contribution < 1.29 is 5.11 Å². The molecule has 0 spiro atoms. The van der Waals surface area contributed by atoms with Crippen molar-refractivity contribution in [2.75, 3.05) is 6.54 Å². The Morgan fingerprint density at radius 3 is 2.81 bits per heavy atom. The third-order valence-corrected chi connectivity index (χ3v) is 6.86. The van der Waals surface area contributed by atoms with Crippen molar-refractivity contribution >= 4 is 0 Å². The van der Waals surface area contributed by atoms with Crippen molar-refractivity contribution in [2.24, 2.45) is 11.8 Å². The number of benzene rings is 1. The smallest absolute Gasteiger partial charge is 0.115 e. The third-order valence-electron chi connectivity index (χ3n) is 6.86. The van der Waals surface area contributed by atoms with Gasteiger partial charge in [0, 0.05) is 12.1 Å². The van der Waals surface area contributed by atoms with Crippen molar-refractivity contribution in [3.05, 3.63) is 29.3 Å². The molecule has 2 bridgehead atoms. The molecule has 4 rings (SSSR count). The number of hydrogen-bond acceptors (Lipinski definition) is 2. The van der Waals surface area contributed by atoms with E-state index in [1.807, 2.05) is 12.1 Å². The minimum Gasteiger partial charge on any atom is -0.508 e. The van der Waals surface area contributed by atoms with E-state index in [0.29, 0.717) is 17.7 Å². The van der Waals surface area contributed by atoms with E-state index in [4.69, 9.17) is 0 Å². The molecular formula is C19H27NO. The van der Waals surface area contributed by atoms with Crippen molar-refractivity contribution in [2.45, 2.75) is 64.0 Å². The molecule has 1 saturated heterocycles. The first-order chi connectivity index (χ1) is 10.0. The molecule has 2 fully saturated rings. The lowest BCUT2D eigenvalue weighted by Crippen LogP contribution is -2.60. The second kappa shape index (κ2) is 4.49. The summed E-state index contributed by atoms with van der Waals surface area (Å²) in [7, 11) is 0. The molecule has 1 aromatic carbocycles. The predicted octanol–water partition coefficient (Wildman–Crippen LogP) is 3.71. The zero-order valence-electron chi connectivity index (χ0n) is 13.5. The van der Waals surface area contributed by atoms with E-state index < -0.39 is 0 Å². The number of nitrogens with zero attached hydrogens (tertiary/aromatic N) is 1. The summed E-state index contributed by atoms with van der Waals surface area (Å²) < 4.78 is 0. The van der Waals surface area contributed by atoms with Gasteiger partial charge in [-0.3, -0.25) is 4.90 Å². The fourth-order valence-corrected chi connectivity index (χ4v) is 5.00. The lowest BCUT2D eigenvalue weighted by Gasteiger charge is -2.56. The Morgan fingerprint density at radius 2 is 2.10 bits per heavy atom. The molecule has 1 N–H and O–H groups in total. The second-order valence-corrected chi connectivity index (χ2v) is 7.88. The molecule has 1 aromatic rings. The molecule has 4 atom stereocenters. The molecule has 2 aliphatic carbocycles. The Labute approximate surface area is 128 Å². The summed E-state index contributed by atoms with van der Waals surface area (Å²) in [5.41, 5.74) is 3.10. The van der Waals surface area contributed by atoms with Gasteiger partial charge in [0.25, 0.3) is 0 Å². The van der Waals surface area contributed by atoms with Crippen LogP contribution in [0.4, 0.5) is 0 Å². The van der Waals surface area contributed by atoms with Crippen LogP contribution in [-0.2, 0) is 11.8 Å². The van der Waals surface area contributed by atoms with Gasteiger partial charge in [0.05, 0.1) is 0 Å². The zero-order valence-corrected chi connectivity index (χ0v) is 13.5. The molecule has 21 heavy (non-hydrogen) atoms. The molecule has 3 aliphatic rings. The predicted molar refractivity (Wildman–Crippen MR) is 85.6 cm³/mol. The van der Waals surface area contributed by atoms with Crippen LogP contribution in [0.25, 0.3) is 0 Å². The maximum Gasteiger partial charge on any atom is 0.115 e. The number of phenolic OH excluding ortho intramolecular Hbond substituents is 1. The van der Waals surface area contributed by atoms with Crippen molar-refractivity contribution in [3.8, 4) is 5.75 Å². The summed E-state index contributed by atoms with van der Waals surface area (Å²) in [6, 6.07) is 7.48. The number of likely N-dealkylation sites (tertiary alicyclic amines) is 1. The highest BCUT2D eigenvalue weighted by molar-refractivity contribution is 5.44. The number of fused-ring (bicyclic) bond motifs is 4. The van der Waals surface area contributed by atoms with Gasteiger partial charge in [-0.05, 0) is 79.7 Å². The van der Waals surface area contributed by atoms with Gasteiger partial charge in [-0.15, -0.1) is 0 Å². The number of phenols is 1. The zero-order chi connectivity index (χ0) is 14.8. The second-order valence-electron chi connectivity index (χ2n) is 7.88. The van der Waals surface area contributed by atoms with Gasteiger partial charge in [0.15, 0.2) is 0 Å². The Hall–Kier alpha value is -1.02. The maximum atomic E-state index is 9.90. The monoisotopic (exact) mass is 285 g/mol. The van der Waals surface area contributed by atoms with E-state index in [2.05, 4.69) is 31.7 Å². The molecule has 1 saturated carbocycles. The highest BCUT2D eigenvalue weighted by Gasteiger charge is 2.50. The van der Waals surface area contributed by atoms with Crippen LogP contribution in [0.1, 0.15) is 51.2 Å².